The van der Waals surface area contributed by atoms with Crippen LogP contribution in [0.15, 0.2) is 0 Å². The Kier molecular flexibility index (Phi) is 16.8. The molecule has 2 aliphatic rings. The number of amides is 3. The lowest BCUT2D eigenvalue weighted by Gasteiger charge is -2.38. The molecule has 0 aliphatic heterocycles. The van der Waals surface area contributed by atoms with Crippen molar-refractivity contribution < 1.29 is 27.9 Å². The van der Waals surface area contributed by atoms with E-state index in [1.807, 2.05) is 25.7 Å². The van der Waals surface area contributed by atoms with E-state index in [1.165, 1.54) is 11.4 Å². The van der Waals surface area contributed by atoms with E-state index >= 15 is 0 Å². The van der Waals surface area contributed by atoms with Gasteiger partial charge >= 0.3 is 0 Å². The van der Waals surface area contributed by atoms with E-state index in [0.717, 1.165) is 38.5 Å². The summed E-state index contributed by atoms with van der Waals surface area (Å²) in [5, 5.41) is 15.6. The Morgan fingerprint density at radius 2 is 1.36 bits per heavy atom. The van der Waals surface area contributed by atoms with Crippen molar-refractivity contribution in [1.82, 2.24) is 25.0 Å². The number of hydrogen-bond acceptors (Lipinski definition) is 7. The molecule has 45 heavy (non-hydrogen) atoms. The van der Waals surface area contributed by atoms with E-state index in [4.69, 9.17) is 0 Å². The normalized spacial score (nSPS) is 22.7. The molecular formula is C33H63N5O6S. The van der Waals surface area contributed by atoms with Gasteiger partial charge in [0.2, 0.25) is 27.7 Å². The van der Waals surface area contributed by atoms with E-state index in [1.54, 1.807) is 32.8 Å². The molecule has 2 rings (SSSR count). The molecule has 2 fully saturated rings. The van der Waals surface area contributed by atoms with Crippen LogP contribution in [-0.4, -0.2) is 104 Å². The number of carbonyl (C=O) groups is 3. The molecule has 0 aromatic carbocycles. The fraction of sp³-hybridized carbons (Fsp3) is 0.909. The Morgan fingerprint density at radius 3 is 1.87 bits per heavy atom. The maximum Gasteiger partial charge on any atom is 0.226 e. The third-order valence-corrected chi connectivity index (χ3v) is 11.2. The Labute approximate surface area is 273 Å². The van der Waals surface area contributed by atoms with Crippen molar-refractivity contribution >= 4 is 27.7 Å². The first-order valence-electron chi connectivity index (χ1n) is 17.5. The standard InChI is InChI=1S/C33H63N5O6S/c1-8-16-37(17-9-2)33(42)28-21-26(20-27(22-28)32(41)36(6)7)31(40)34-29(19-25-14-12-11-13-15-25)30(39)23-38(18-10-3)35-45(43,44)24(4)5/h24-30,35,39H,8-23H2,1-7H3,(H,34,40). The zero-order valence-electron chi connectivity index (χ0n) is 29.1. The molecule has 12 heteroatoms. The highest BCUT2D eigenvalue weighted by Gasteiger charge is 2.41. The number of hydrogen-bond donors (Lipinski definition) is 3. The summed E-state index contributed by atoms with van der Waals surface area (Å²) < 4.78 is 25.3. The number of carbonyl (C=O) groups excluding carboxylic acids is 3. The molecule has 0 bridgehead atoms. The second-order valence-corrected chi connectivity index (χ2v) is 16.1. The number of hydrazine groups is 1. The molecule has 2 saturated carbocycles. The van der Waals surface area contributed by atoms with Crippen molar-refractivity contribution in [3.63, 3.8) is 0 Å². The van der Waals surface area contributed by atoms with Gasteiger partial charge in [0.15, 0.2) is 0 Å². The lowest BCUT2D eigenvalue weighted by atomic mass is 9.73. The quantitative estimate of drug-likeness (QED) is 0.192. The Balaban J connectivity index is 2.31. The molecule has 262 valence electrons. The maximum absolute atomic E-state index is 14.0. The zero-order chi connectivity index (χ0) is 33.7. The average Bonchev–Trinajstić information content (AvgIpc) is 2.99. The summed E-state index contributed by atoms with van der Waals surface area (Å²) in [6.45, 7) is 11.0. The summed E-state index contributed by atoms with van der Waals surface area (Å²) >= 11 is 0. The summed E-state index contributed by atoms with van der Waals surface area (Å²) in [7, 11) is -0.196. The minimum atomic E-state index is -3.60. The van der Waals surface area contributed by atoms with Gasteiger partial charge < -0.3 is 20.2 Å². The van der Waals surface area contributed by atoms with Gasteiger partial charge in [-0.15, -0.1) is 4.83 Å². The maximum atomic E-state index is 14.0. The van der Waals surface area contributed by atoms with Gasteiger partial charge in [-0.2, -0.15) is 0 Å². The molecule has 0 spiro atoms. The van der Waals surface area contributed by atoms with Crippen LogP contribution in [0.2, 0.25) is 0 Å². The molecule has 0 radical (unpaired) electrons. The van der Waals surface area contributed by atoms with Crippen LogP contribution in [0.4, 0.5) is 0 Å². The lowest BCUT2D eigenvalue weighted by Crippen LogP contribution is -2.55. The van der Waals surface area contributed by atoms with E-state index in [0.29, 0.717) is 57.7 Å². The minimum absolute atomic E-state index is 0.0131. The van der Waals surface area contributed by atoms with Crippen LogP contribution in [0, 0.1) is 23.7 Å². The smallest absolute Gasteiger partial charge is 0.226 e. The van der Waals surface area contributed by atoms with Crippen molar-refractivity contribution in [2.45, 2.75) is 129 Å². The van der Waals surface area contributed by atoms with Gasteiger partial charge in [0.1, 0.15) is 0 Å². The van der Waals surface area contributed by atoms with Crippen molar-refractivity contribution in [3.8, 4) is 0 Å². The lowest BCUT2D eigenvalue weighted by molar-refractivity contribution is -0.143. The first-order chi connectivity index (χ1) is 21.2. The molecule has 0 saturated heterocycles. The van der Waals surface area contributed by atoms with Crippen molar-refractivity contribution in [2.24, 2.45) is 23.7 Å². The predicted octanol–water partition coefficient (Wildman–Crippen LogP) is 3.53. The molecule has 5 atom stereocenters. The van der Waals surface area contributed by atoms with Gasteiger partial charge in [-0.1, -0.05) is 52.9 Å². The number of sulfonamides is 1. The highest BCUT2D eigenvalue weighted by Crippen LogP contribution is 2.36. The van der Waals surface area contributed by atoms with E-state index in [2.05, 4.69) is 10.1 Å². The molecular weight excluding hydrogens is 594 g/mol. The van der Waals surface area contributed by atoms with E-state index < -0.39 is 45.2 Å². The fourth-order valence-electron chi connectivity index (χ4n) is 6.91. The highest BCUT2D eigenvalue weighted by atomic mass is 32.2. The van der Waals surface area contributed by atoms with Crippen molar-refractivity contribution in [2.75, 3.05) is 40.3 Å². The summed E-state index contributed by atoms with van der Waals surface area (Å²) in [5.74, 6) is -1.35. The van der Waals surface area contributed by atoms with Gasteiger partial charge in [0.05, 0.1) is 17.4 Å². The van der Waals surface area contributed by atoms with Gasteiger partial charge in [0.25, 0.3) is 0 Å². The average molecular weight is 658 g/mol. The summed E-state index contributed by atoms with van der Waals surface area (Å²) in [6.07, 6.45) is 8.57. The van der Waals surface area contributed by atoms with E-state index in [-0.39, 0.29) is 24.3 Å². The summed E-state index contributed by atoms with van der Waals surface area (Å²) in [4.78, 5) is 46.9. The number of rotatable bonds is 18. The fourth-order valence-corrected chi connectivity index (χ4v) is 7.65. The first kappa shape index (κ1) is 39.4. The van der Waals surface area contributed by atoms with Gasteiger partial charge in [0, 0.05) is 58.0 Å². The SMILES string of the molecule is CCCN(CC(O)C(CC1CCCCC1)NC(=O)C1CC(C(=O)N(C)C)CC(C(=O)N(CCC)CCC)C1)NS(=O)(=O)C(C)C. The Morgan fingerprint density at radius 1 is 0.822 bits per heavy atom. The van der Waals surface area contributed by atoms with Crippen LogP contribution < -0.4 is 10.1 Å². The zero-order valence-corrected chi connectivity index (χ0v) is 29.9. The molecule has 0 heterocycles. The molecule has 11 nitrogen and oxygen atoms in total. The topological polar surface area (TPSA) is 139 Å². The Bertz CT molecular complexity index is 1030. The van der Waals surface area contributed by atoms with Crippen LogP contribution in [-0.2, 0) is 24.4 Å². The van der Waals surface area contributed by atoms with Crippen molar-refractivity contribution in [1.29, 1.82) is 0 Å². The molecule has 5 unspecified atom stereocenters. The first-order valence-corrected chi connectivity index (χ1v) is 19.0. The van der Waals surface area contributed by atoms with Gasteiger partial charge in [-0.05, 0) is 64.7 Å². The number of nitrogens with zero attached hydrogens (tertiary/aromatic N) is 3. The number of aliphatic hydroxyl groups is 1. The summed E-state index contributed by atoms with van der Waals surface area (Å²) in [6, 6.07) is -0.584. The van der Waals surface area contributed by atoms with Crippen molar-refractivity contribution in [3.05, 3.63) is 0 Å². The highest BCUT2D eigenvalue weighted by molar-refractivity contribution is 7.90. The molecule has 3 N–H and O–H groups in total. The third-order valence-electron chi connectivity index (χ3n) is 9.40. The summed E-state index contributed by atoms with van der Waals surface area (Å²) in [5.41, 5.74) is 0. The Hall–Kier alpha value is -1.76. The van der Waals surface area contributed by atoms with Crippen LogP contribution in [0.25, 0.3) is 0 Å². The van der Waals surface area contributed by atoms with Crippen LogP contribution >= 0.6 is 0 Å². The monoisotopic (exact) mass is 657 g/mol. The number of aliphatic hydroxyl groups excluding tert-OH is 1. The second kappa shape index (κ2) is 19.2. The second-order valence-electron chi connectivity index (χ2n) is 13.9. The largest absolute Gasteiger partial charge is 0.390 e. The van der Waals surface area contributed by atoms with Gasteiger partial charge in [-0.25, -0.2) is 13.4 Å². The predicted molar refractivity (Wildman–Crippen MR) is 178 cm³/mol. The molecule has 0 aromatic heterocycles. The molecule has 3 amide bonds. The van der Waals surface area contributed by atoms with Crippen LogP contribution in [0.1, 0.15) is 112 Å². The third kappa shape index (κ3) is 12.4. The van der Waals surface area contributed by atoms with Gasteiger partial charge in [-0.3, -0.25) is 14.4 Å². The molecule has 2 aliphatic carbocycles. The van der Waals surface area contributed by atoms with Crippen LogP contribution in [0.3, 0.4) is 0 Å². The van der Waals surface area contributed by atoms with E-state index in [9.17, 15) is 27.9 Å². The number of nitrogens with one attached hydrogen (secondary N) is 2. The minimum Gasteiger partial charge on any atom is -0.390 e. The van der Waals surface area contributed by atoms with Crippen LogP contribution in [0.5, 0.6) is 0 Å². The molecule has 0 aromatic rings.